The quantitative estimate of drug-likeness (QED) is 0.0235. The zero-order chi connectivity index (χ0) is 77.5. The van der Waals surface area contributed by atoms with Gasteiger partial charge in [0.25, 0.3) is 0 Å². The van der Waals surface area contributed by atoms with Gasteiger partial charge in [0.1, 0.15) is 48.1 Å². The molecule has 2 fully saturated rings. The summed E-state index contributed by atoms with van der Waals surface area (Å²) in [6, 6.07) is 26.2. The zero-order valence-electron chi connectivity index (χ0n) is 62.3. The van der Waals surface area contributed by atoms with E-state index in [1.165, 1.54) is 47.7 Å². The maximum absolute atomic E-state index is 15.4. The second-order valence-corrected chi connectivity index (χ2v) is 29.2. The smallest absolute Gasteiger partial charge is 0.245 e. The van der Waals surface area contributed by atoms with Gasteiger partial charge < -0.3 is 89.9 Å². The molecule has 582 valence electrons. The Morgan fingerprint density at radius 1 is 0.624 bits per heavy atom. The van der Waals surface area contributed by atoms with E-state index >= 15 is 24.0 Å². The van der Waals surface area contributed by atoms with Crippen molar-refractivity contribution in [2.45, 2.75) is 177 Å². The van der Waals surface area contributed by atoms with Crippen LogP contribution in [-0.2, 0) is 75.3 Å². The molecule has 12 atom stereocenters. The van der Waals surface area contributed by atoms with Crippen LogP contribution < -0.4 is 65.1 Å². The third-order valence-corrected chi connectivity index (χ3v) is 21.0. The first-order valence-electron chi connectivity index (χ1n) is 38.1. The molecule has 7 aromatic rings. The van der Waals surface area contributed by atoms with E-state index in [9.17, 15) is 28.7 Å². The molecule has 0 unspecified atom stereocenters. The molecule has 2 saturated heterocycles. The van der Waals surface area contributed by atoms with Gasteiger partial charge in [-0.2, -0.15) is 0 Å². The standard InChI is InChI=1S/C81H106FN17O10/c1-49(100)72-80(109)96-66(42-53-30-32-57(82)33-31-53)73(102)87-35-15-13-26-63(86-37-18-38-99(50(2)101)48-54-39-60-59-24-16-28-62-71(59)56(46-90-62)44-70(60)98(3)47-54)74(103)91-65(29-17-36-88-81(84)85)75(104)93-67(40-51-19-6-4-7-20-51)77(106)94-68(41-52-21-8-5-9-22-52)78(107)95-69(43-55-45-89-61-25-11-10-23-58(55)61)79(108)92-64(76(105)97-72)27-12-14-34-83/h4-11,16,19-25,28,30-33,45-46,49,54,60,63-70,72,86,89-90,100H,12-15,17-18,26-27,29,34-44,47-48,83H2,1-3H3,(H,87,102)(H,91,103)(H,92,108)(H,93,104)(H,94,106)(H,95,107)(H,96,109)(H,97,105)(H4,84,85,88)/t49-,54-,60-,63-,64+,65+,66+,67+,68+,69-,70-,72+/m1/s1. The number of guanidine groups is 1. The number of benzene rings is 5. The minimum atomic E-state index is -1.70. The number of piperidine rings is 1. The number of hydrogen-bond acceptors (Lipinski definition) is 14. The first kappa shape index (κ1) is 81.0. The van der Waals surface area contributed by atoms with Crippen LogP contribution in [0.25, 0.3) is 21.8 Å². The molecule has 28 heteroatoms. The summed E-state index contributed by atoms with van der Waals surface area (Å²) in [6.07, 6.45) is 5.71. The maximum Gasteiger partial charge on any atom is 0.245 e. The fraction of sp³-hybridized carbons (Fsp3) is 0.457. The molecule has 4 heterocycles. The zero-order valence-corrected chi connectivity index (χ0v) is 62.3. The van der Waals surface area contributed by atoms with Crippen molar-refractivity contribution in [1.29, 1.82) is 0 Å². The number of nitrogens with two attached hydrogens (primary N) is 3. The Hall–Kier alpha value is -10.6. The SMILES string of the molecule is CC(=O)N(CCCN[C@@H]1CCCCNC(=O)[C@H](Cc2ccc(F)cc2)NC(=O)[C@H]([C@@H](C)O)NC(=O)[C@H](CCCCN)NC(=O)[C@@H](Cc2c[nH]c3ccccc23)NC(=O)[C@H](Cc2ccccc2)NC(=O)[C@H](Cc2ccccc2)NC(=O)[C@H](CCCN=C(N)N)NC1=O)C[C@@H]1C[C@@H]2c3cccc4[nH]cc(c34)C[C@H]2N(C)C1. The highest BCUT2D eigenvalue weighted by Gasteiger charge is 2.41. The summed E-state index contributed by atoms with van der Waals surface area (Å²) in [4.78, 5) is 149. The van der Waals surface area contributed by atoms with Crippen LogP contribution in [0.3, 0.4) is 0 Å². The van der Waals surface area contributed by atoms with Gasteiger partial charge in [-0.15, -0.1) is 0 Å². The number of aromatic amines is 2. The van der Waals surface area contributed by atoms with Gasteiger partial charge >= 0.3 is 0 Å². The number of nitrogens with zero attached hydrogens (tertiary/aromatic N) is 3. The minimum absolute atomic E-state index is 0.0120. The highest BCUT2D eigenvalue weighted by Crippen LogP contribution is 2.44. The van der Waals surface area contributed by atoms with Crippen molar-refractivity contribution >= 4 is 80.9 Å². The molecular formula is C81H106FN17O10. The number of fused-ring (bicyclic) bond motifs is 3. The number of aromatic nitrogens is 2. The molecular weight excluding hydrogens is 1390 g/mol. The summed E-state index contributed by atoms with van der Waals surface area (Å²) in [7, 11) is 2.16. The lowest BCUT2D eigenvalue weighted by molar-refractivity contribution is -0.136. The number of carbonyl (C=O) groups is 9. The third-order valence-electron chi connectivity index (χ3n) is 21.0. The first-order valence-corrected chi connectivity index (χ1v) is 38.1. The number of likely N-dealkylation sites (N-methyl/N-ethyl adjacent to an activating group) is 1. The summed E-state index contributed by atoms with van der Waals surface area (Å²) in [5, 5.41) is 39.5. The Labute approximate surface area is 634 Å². The molecule has 10 rings (SSSR count). The van der Waals surface area contributed by atoms with E-state index in [2.05, 4.69) is 99.2 Å². The summed E-state index contributed by atoms with van der Waals surface area (Å²) < 4.78 is 14.3. The summed E-state index contributed by atoms with van der Waals surface area (Å²) >= 11 is 0. The van der Waals surface area contributed by atoms with Gasteiger partial charge in [-0.3, -0.25) is 48.1 Å². The van der Waals surface area contributed by atoms with Crippen LogP contribution in [0.1, 0.15) is 117 Å². The van der Waals surface area contributed by atoms with Crippen molar-refractivity contribution in [3.05, 3.63) is 179 Å². The van der Waals surface area contributed by atoms with Crippen LogP contribution in [0.2, 0.25) is 0 Å². The van der Waals surface area contributed by atoms with E-state index in [4.69, 9.17) is 17.2 Å². The number of rotatable bonds is 24. The fourth-order valence-electron chi connectivity index (χ4n) is 15.3. The molecule has 0 spiro atoms. The predicted molar refractivity (Wildman–Crippen MR) is 415 cm³/mol. The molecule has 2 aromatic heterocycles. The van der Waals surface area contributed by atoms with Crippen molar-refractivity contribution in [3.8, 4) is 0 Å². The molecule has 27 nitrogen and oxygen atoms in total. The fourth-order valence-corrected chi connectivity index (χ4v) is 15.3. The molecule has 1 aliphatic carbocycles. The van der Waals surface area contributed by atoms with Gasteiger partial charge in [-0.1, -0.05) is 103 Å². The number of unbranched alkanes of at least 4 members (excludes halogenated alkanes) is 1. The number of aliphatic imine (C=N–C) groups is 1. The Balaban J connectivity index is 0.962. The number of para-hydroxylation sites is 1. The van der Waals surface area contributed by atoms with E-state index in [0.717, 1.165) is 35.8 Å². The molecule has 2 aliphatic heterocycles. The highest BCUT2D eigenvalue weighted by molar-refractivity contribution is 5.99. The maximum atomic E-state index is 15.4. The van der Waals surface area contributed by atoms with Gasteiger partial charge in [-0.05, 0) is 161 Å². The van der Waals surface area contributed by atoms with Crippen LogP contribution >= 0.6 is 0 Å². The van der Waals surface area contributed by atoms with Crippen LogP contribution in [0.5, 0.6) is 0 Å². The molecule has 9 amide bonds. The number of amides is 9. The van der Waals surface area contributed by atoms with Gasteiger partial charge in [0.15, 0.2) is 5.96 Å². The van der Waals surface area contributed by atoms with E-state index in [0.29, 0.717) is 73.5 Å². The monoisotopic (exact) mass is 1500 g/mol. The Kier molecular flexibility index (Phi) is 29.4. The molecule has 109 heavy (non-hydrogen) atoms. The Morgan fingerprint density at radius 2 is 1.18 bits per heavy atom. The Morgan fingerprint density at radius 3 is 1.83 bits per heavy atom. The van der Waals surface area contributed by atoms with Gasteiger partial charge in [0.2, 0.25) is 53.2 Å². The van der Waals surface area contributed by atoms with Gasteiger partial charge in [0, 0.05) is 111 Å². The average molecular weight is 1500 g/mol. The van der Waals surface area contributed by atoms with Crippen molar-refractivity contribution < 1.29 is 52.6 Å². The van der Waals surface area contributed by atoms with E-state index in [-0.39, 0.29) is 101 Å². The van der Waals surface area contributed by atoms with Crippen molar-refractivity contribution in [1.82, 2.24) is 67.6 Å². The lowest BCUT2D eigenvalue weighted by Crippen LogP contribution is -2.62. The van der Waals surface area contributed by atoms with E-state index in [1.54, 1.807) is 73.8 Å². The van der Waals surface area contributed by atoms with Gasteiger partial charge in [-0.25, -0.2) is 4.39 Å². The van der Waals surface area contributed by atoms with Crippen molar-refractivity contribution in [2.75, 3.05) is 52.9 Å². The lowest BCUT2D eigenvalue weighted by Gasteiger charge is -2.46. The lowest BCUT2D eigenvalue weighted by atomic mass is 9.72. The number of H-pyrrole nitrogens is 2. The molecule has 0 bridgehead atoms. The van der Waals surface area contributed by atoms with E-state index < -0.39 is 108 Å². The number of aliphatic hydroxyl groups is 1. The van der Waals surface area contributed by atoms with E-state index in [1.807, 2.05) is 29.2 Å². The number of hydrogen-bond donors (Lipinski definition) is 15. The average Bonchev–Trinajstić information content (AvgIpc) is 1.68. The number of halogens is 1. The number of nitrogens with one attached hydrogen (secondary N) is 11. The molecule has 18 N–H and O–H groups in total. The number of aliphatic hydroxyl groups excluding tert-OH is 1. The normalized spacial score (nSPS) is 23.6. The Bertz CT molecular complexity index is 4270. The van der Waals surface area contributed by atoms with Crippen LogP contribution in [-0.4, -0.2) is 197 Å². The second kappa shape index (κ2) is 39.5. The summed E-state index contributed by atoms with van der Waals surface area (Å²) in [6.45, 7) is 5.15. The second-order valence-electron chi connectivity index (χ2n) is 29.2. The van der Waals surface area contributed by atoms with Crippen molar-refractivity contribution in [2.24, 2.45) is 28.1 Å². The van der Waals surface area contributed by atoms with Crippen molar-refractivity contribution in [3.63, 3.8) is 0 Å². The molecule has 0 radical (unpaired) electrons. The van der Waals surface area contributed by atoms with Crippen LogP contribution in [0.15, 0.2) is 145 Å². The molecule has 3 aliphatic rings. The molecule has 5 aromatic carbocycles. The minimum Gasteiger partial charge on any atom is -0.391 e. The first-order chi connectivity index (χ1) is 52.6. The van der Waals surface area contributed by atoms with Crippen LogP contribution in [0, 0.1) is 11.7 Å². The van der Waals surface area contributed by atoms with Crippen LogP contribution in [0.4, 0.5) is 4.39 Å². The largest absolute Gasteiger partial charge is 0.391 e. The van der Waals surface area contributed by atoms with Gasteiger partial charge in [0.05, 0.1) is 12.1 Å². The summed E-state index contributed by atoms with van der Waals surface area (Å²) in [5.74, 6) is -6.60. The number of likely N-dealkylation sites (tertiary alicyclic amines) is 1. The topological polar surface area (TPSA) is 411 Å². The molecule has 0 saturated carbocycles. The summed E-state index contributed by atoms with van der Waals surface area (Å²) in [5.41, 5.74) is 24.3. The number of carbonyl (C=O) groups excluding carboxylic acids is 9. The highest BCUT2D eigenvalue weighted by atomic mass is 19.1. The third kappa shape index (κ3) is 22.8. The predicted octanol–water partition coefficient (Wildman–Crippen LogP) is 3.17.